The highest BCUT2D eigenvalue weighted by Gasteiger charge is 2.38. The number of carbonyl (C=O) groups excluding carboxylic acids is 6. The lowest BCUT2D eigenvalue weighted by Gasteiger charge is -2.29. The third-order valence-corrected chi connectivity index (χ3v) is 9.01. The molecular formula is C35H48N8O9S. The number of hydrogen-bond acceptors (Lipinski definition) is 10. The van der Waals surface area contributed by atoms with Gasteiger partial charge in [-0.1, -0.05) is 42.5 Å². The number of aromatic hydroxyl groups is 1. The molecule has 7 amide bonds. The van der Waals surface area contributed by atoms with Crippen molar-refractivity contribution in [2.45, 2.75) is 81.7 Å². The normalized spacial score (nSPS) is 16.6. The largest absolute Gasteiger partial charge is 0.508 e. The first-order valence-electron chi connectivity index (χ1n) is 17.2. The number of likely N-dealkylation sites (tertiary alicyclic amines) is 1. The van der Waals surface area contributed by atoms with E-state index in [4.69, 9.17) is 11.5 Å². The van der Waals surface area contributed by atoms with Gasteiger partial charge in [0.25, 0.3) is 0 Å². The number of nitrogens with zero attached hydrogens (tertiary/aromatic N) is 1. The second-order valence-electron chi connectivity index (χ2n) is 12.7. The molecule has 2 aromatic carbocycles. The minimum Gasteiger partial charge on any atom is -0.508 e. The Bertz CT molecular complexity index is 1600. The van der Waals surface area contributed by atoms with Crippen LogP contribution in [0.2, 0.25) is 0 Å². The molecule has 288 valence electrons. The molecule has 0 spiro atoms. The van der Waals surface area contributed by atoms with E-state index in [0.29, 0.717) is 17.5 Å². The lowest BCUT2D eigenvalue weighted by molar-refractivity contribution is -0.149. The van der Waals surface area contributed by atoms with Gasteiger partial charge in [0.1, 0.15) is 36.0 Å². The van der Waals surface area contributed by atoms with Crippen molar-refractivity contribution in [3.8, 4) is 5.75 Å². The number of phenols is 1. The number of urea groups is 1. The van der Waals surface area contributed by atoms with Crippen LogP contribution in [0.15, 0.2) is 54.6 Å². The van der Waals surface area contributed by atoms with Crippen LogP contribution in [-0.2, 0) is 41.6 Å². The van der Waals surface area contributed by atoms with Crippen LogP contribution in [-0.4, -0.2) is 112 Å². The van der Waals surface area contributed by atoms with Crippen LogP contribution in [0.1, 0.15) is 43.7 Å². The van der Waals surface area contributed by atoms with Gasteiger partial charge in [0.2, 0.25) is 29.5 Å². The van der Waals surface area contributed by atoms with E-state index in [1.54, 1.807) is 42.5 Å². The van der Waals surface area contributed by atoms with Crippen molar-refractivity contribution in [3.63, 3.8) is 0 Å². The molecule has 6 atom stereocenters. The number of hydrogen-bond donors (Lipinski definition) is 10. The highest BCUT2D eigenvalue weighted by Crippen LogP contribution is 2.20. The molecule has 11 N–H and O–H groups in total. The predicted octanol–water partition coefficient (Wildman–Crippen LogP) is -1.08. The van der Waals surface area contributed by atoms with E-state index in [0.717, 1.165) is 0 Å². The fraction of sp³-hybridized carbons (Fsp3) is 0.457. The Labute approximate surface area is 312 Å². The summed E-state index contributed by atoms with van der Waals surface area (Å²) >= 11 is 4.01. The average Bonchev–Trinajstić information content (AvgIpc) is 3.63. The van der Waals surface area contributed by atoms with Gasteiger partial charge in [0, 0.05) is 31.7 Å². The topological polar surface area (TPSA) is 275 Å². The minimum atomic E-state index is -1.30. The summed E-state index contributed by atoms with van der Waals surface area (Å²) in [7, 11) is 0. The number of nitrogens with one attached hydrogen (secondary N) is 5. The third-order valence-electron chi connectivity index (χ3n) is 8.61. The number of carboxylic acids is 1. The van der Waals surface area contributed by atoms with Crippen LogP contribution in [0.3, 0.4) is 0 Å². The molecule has 0 radical (unpaired) electrons. The van der Waals surface area contributed by atoms with E-state index in [9.17, 15) is 43.8 Å². The Hall–Kier alpha value is -5.36. The van der Waals surface area contributed by atoms with Gasteiger partial charge >= 0.3 is 12.0 Å². The number of thiol groups is 1. The van der Waals surface area contributed by atoms with Gasteiger partial charge in [0.15, 0.2) is 0 Å². The van der Waals surface area contributed by atoms with Crippen LogP contribution in [0.5, 0.6) is 5.75 Å². The zero-order chi connectivity index (χ0) is 39.1. The van der Waals surface area contributed by atoms with Crippen LogP contribution in [0.25, 0.3) is 0 Å². The van der Waals surface area contributed by atoms with Crippen LogP contribution in [0.4, 0.5) is 4.79 Å². The summed E-state index contributed by atoms with van der Waals surface area (Å²) in [5, 5.41) is 32.3. The Morgan fingerprint density at radius 3 is 2.04 bits per heavy atom. The number of carboxylic acid groups (broad SMARTS) is 1. The number of primary amides is 1. The molecule has 1 aliphatic rings. The molecule has 18 heteroatoms. The van der Waals surface area contributed by atoms with Crippen molar-refractivity contribution >= 4 is 54.2 Å². The van der Waals surface area contributed by atoms with E-state index in [-0.39, 0.29) is 56.7 Å². The summed E-state index contributed by atoms with van der Waals surface area (Å²) in [6, 6.07) is 7.07. The van der Waals surface area contributed by atoms with Gasteiger partial charge < -0.3 is 53.2 Å². The maximum Gasteiger partial charge on any atom is 0.326 e. The zero-order valence-electron chi connectivity index (χ0n) is 29.3. The van der Waals surface area contributed by atoms with E-state index in [2.05, 4.69) is 39.2 Å². The number of carbonyl (C=O) groups is 7. The van der Waals surface area contributed by atoms with Crippen molar-refractivity contribution in [2.75, 3.05) is 18.8 Å². The number of amides is 7. The SMILES string of the molecule is C[C@H](NC(=O)[C@H](CCCNC(N)=O)NC(=O)[C@@H](N)CS)C(=O)N[C@@H](Cc1ccc(O)cc1)C(=O)N[C@@H](Cc1ccccc1)C(=O)N1CCC[C@H]1C(=O)O. The molecule has 2 aromatic rings. The van der Waals surface area contributed by atoms with Crippen LogP contribution < -0.4 is 38.1 Å². The van der Waals surface area contributed by atoms with Gasteiger partial charge in [-0.25, -0.2) is 9.59 Å². The highest BCUT2D eigenvalue weighted by molar-refractivity contribution is 7.80. The summed E-state index contributed by atoms with van der Waals surface area (Å²) in [4.78, 5) is 91.4. The molecule has 0 unspecified atom stereocenters. The Morgan fingerprint density at radius 1 is 0.830 bits per heavy atom. The first-order valence-corrected chi connectivity index (χ1v) is 17.8. The average molecular weight is 757 g/mol. The molecule has 0 bridgehead atoms. The fourth-order valence-corrected chi connectivity index (χ4v) is 5.88. The Kier molecular flexibility index (Phi) is 16.4. The minimum absolute atomic E-state index is 0.00265. The summed E-state index contributed by atoms with van der Waals surface area (Å²) in [6.07, 6.45) is 0.995. The van der Waals surface area contributed by atoms with Gasteiger partial charge in [-0.05, 0) is 55.9 Å². The molecule has 1 saturated heterocycles. The first-order chi connectivity index (χ1) is 25.2. The summed E-state index contributed by atoms with van der Waals surface area (Å²) in [5.41, 5.74) is 12.1. The summed E-state index contributed by atoms with van der Waals surface area (Å²) in [5.74, 6) is -4.68. The van der Waals surface area contributed by atoms with Gasteiger partial charge in [-0.3, -0.25) is 24.0 Å². The molecule has 1 aliphatic heterocycles. The van der Waals surface area contributed by atoms with Crippen molar-refractivity contribution in [1.29, 1.82) is 0 Å². The van der Waals surface area contributed by atoms with Crippen LogP contribution >= 0.6 is 12.6 Å². The number of rotatable bonds is 19. The maximum absolute atomic E-state index is 14.0. The summed E-state index contributed by atoms with van der Waals surface area (Å²) in [6.45, 7) is 1.68. The van der Waals surface area contributed by atoms with E-state index in [1.165, 1.54) is 24.0 Å². The molecule has 1 heterocycles. The second kappa shape index (κ2) is 20.6. The monoisotopic (exact) mass is 756 g/mol. The fourth-order valence-electron chi connectivity index (χ4n) is 5.71. The molecule has 0 aliphatic carbocycles. The molecule has 17 nitrogen and oxygen atoms in total. The van der Waals surface area contributed by atoms with Gasteiger partial charge in [0.05, 0.1) is 6.04 Å². The maximum atomic E-state index is 14.0. The number of aliphatic carboxylic acids is 1. The van der Waals surface area contributed by atoms with Crippen molar-refractivity contribution < 1.29 is 43.8 Å². The summed E-state index contributed by atoms with van der Waals surface area (Å²) < 4.78 is 0. The quantitative estimate of drug-likeness (QED) is 0.0612. The van der Waals surface area contributed by atoms with E-state index < -0.39 is 77.8 Å². The molecule has 53 heavy (non-hydrogen) atoms. The molecule has 1 fully saturated rings. The number of nitrogens with two attached hydrogens (primary N) is 2. The van der Waals surface area contributed by atoms with Crippen molar-refractivity contribution in [1.82, 2.24) is 31.5 Å². The predicted molar refractivity (Wildman–Crippen MR) is 196 cm³/mol. The second-order valence-corrected chi connectivity index (χ2v) is 13.1. The number of benzene rings is 2. The third kappa shape index (κ3) is 13.3. The van der Waals surface area contributed by atoms with Gasteiger partial charge in [-0.2, -0.15) is 12.6 Å². The zero-order valence-corrected chi connectivity index (χ0v) is 30.2. The van der Waals surface area contributed by atoms with Gasteiger partial charge in [-0.15, -0.1) is 0 Å². The van der Waals surface area contributed by atoms with E-state index in [1.807, 2.05) is 0 Å². The molecule has 0 saturated carbocycles. The lowest BCUT2D eigenvalue weighted by Crippen LogP contribution is -2.59. The number of phenolic OH excluding ortho intramolecular Hbond substituents is 1. The first kappa shape index (κ1) is 42.1. The molecule has 0 aromatic heterocycles. The Balaban J connectivity index is 1.82. The molecule has 3 rings (SSSR count). The highest BCUT2D eigenvalue weighted by atomic mass is 32.1. The Morgan fingerprint density at radius 2 is 1.42 bits per heavy atom. The van der Waals surface area contributed by atoms with Crippen molar-refractivity contribution in [3.05, 3.63) is 65.7 Å². The van der Waals surface area contributed by atoms with Crippen molar-refractivity contribution in [2.24, 2.45) is 11.5 Å². The van der Waals surface area contributed by atoms with Crippen LogP contribution in [0, 0.1) is 0 Å². The lowest BCUT2D eigenvalue weighted by atomic mass is 10.0. The smallest absolute Gasteiger partial charge is 0.326 e. The van der Waals surface area contributed by atoms with E-state index >= 15 is 0 Å². The standard InChI is InChI=1S/C35H48N8O9S/c1-20(39-31(47)25(9-5-15-38-35(37)52)40-30(46)24(36)19-53)29(45)41-26(17-22-11-13-23(44)14-12-22)32(48)42-27(18-21-7-3-2-4-8-21)33(49)43-16-6-10-28(43)34(50)51/h2-4,7-8,11-14,20,24-28,44,53H,5-6,9-10,15-19,36H2,1H3,(H,39,47)(H,40,46)(H,41,45)(H,42,48)(H,50,51)(H3,37,38,52)/t20-,24-,25-,26-,27-,28-/m0/s1. The molecular weight excluding hydrogens is 708 g/mol.